The van der Waals surface area contributed by atoms with Gasteiger partial charge in [0.2, 0.25) is 15.9 Å². The van der Waals surface area contributed by atoms with Crippen LogP contribution in [0.1, 0.15) is 39.0 Å². The van der Waals surface area contributed by atoms with Gasteiger partial charge >= 0.3 is 0 Å². The number of likely N-dealkylation sites (tertiary alicyclic amines) is 1. The second kappa shape index (κ2) is 8.58. The molecule has 150 valence electrons. The Kier molecular flexibility index (Phi) is 6.39. The van der Waals surface area contributed by atoms with E-state index in [9.17, 15) is 13.2 Å². The predicted octanol–water partition coefficient (Wildman–Crippen LogP) is 1.76. The number of nitrogens with two attached hydrogens (primary N) is 1. The molecule has 2 aliphatic heterocycles. The Morgan fingerprint density at radius 1 is 1.07 bits per heavy atom. The van der Waals surface area contributed by atoms with Crippen molar-refractivity contribution in [3.05, 3.63) is 24.3 Å². The number of anilines is 2. The third-order valence-electron chi connectivity index (χ3n) is 5.72. The Bertz CT molecular complexity index is 737. The van der Waals surface area contributed by atoms with Gasteiger partial charge in [-0.2, -0.15) is 0 Å². The molecule has 0 bridgehead atoms. The number of nitrogens with one attached hydrogen (secondary N) is 1. The van der Waals surface area contributed by atoms with Gasteiger partial charge in [0.15, 0.2) is 0 Å². The number of carbonyl (C=O) groups excluding carboxylic acids is 1. The summed E-state index contributed by atoms with van der Waals surface area (Å²) in [7, 11) is -3.49. The van der Waals surface area contributed by atoms with Crippen LogP contribution in [0.25, 0.3) is 0 Å². The van der Waals surface area contributed by atoms with Crippen molar-refractivity contribution >= 4 is 27.3 Å². The van der Waals surface area contributed by atoms with Gasteiger partial charge in [-0.3, -0.25) is 9.69 Å². The van der Waals surface area contributed by atoms with Crippen LogP contribution in [0, 0.1) is 0 Å². The van der Waals surface area contributed by atoms with Gasteiger partial charge in [-0.15, -0.1) is 0 Å². The Hall–Kier alpha value is -1.64. The van der Waals surface area contributed by atoms with E-state index >= 15 is 0 Å². The van der Waals surface area contributed by atoms with Crippen molar-refractivity contribution in [2.75, 3.05) is 36.4 Å². The summed E-state index contributed by atoms with van der Waals surface area (Å²) in [5, 5.41) is 7.71. The van der Waals surface area contributed by atoms with E-state index in [1.165, 1.54) is 24.9 Å². The normalized spacial score (nSPS) is 21.0. The molecule has 7 nitrogen and oxygen atoms in total. The fourth-order valence-corrected chi connectivity index (χ4v) is 4.78. The minimum atomic E-state index is -3.49. The van der Waals surface area contributed by atoms with E-state index in [0.29, 0.717) is 25.9 Å². The van der Waals surface area contributed by atoms with Crippen LogP contribution in [-0.2, 0) is 14.8 Å². The van der Waals surface area contributed by atoms with Gasteiger partial charge in [-0.05, 0) is 63.3 Å². The quantitative estimate of drug-likeness (QED) is 0.793. The van der Waals surface area contributed by atoms with Gasteiger partial charge in [0.1, 0.15) is 0 Å². The van der Waals surface area contributed by atoms with Crippen molar-refractivity contribution in [3.63, 3.8) is 0 Å². The SMILES string of the molecule is CC(C(=O)Nc1ccc(N2CCCCC2)cc1)N1CCC(S(N)(=O)=O)CC1. The highest BCUT2D eigenvalue weighted by atomic mass is 32.2. The average Bonchev–Trinajstić information content (AvgIpc) is 2.68. The van der Waals surface area contributed by atoms with Crippen molar-refractivity contribution in [3.8, 4) is 0 Å². The van der Waals surface area contributed by atoms with Crippen molar-refractivity contribution in [2.45, 2.75) is 50.3 Å². The van der Waals surface area contributed by atoms with Gasteiger partial charge in [0.05, 0.1) is 11.3 Å². The Morgan fingerprint density at radius 3 is 2.22 bits per heavy atom. The highest BCUT2D eigenvalue weighted by molar-refractivity contribution is 7.89. The number of hydrogen-bond donors (Lipinski definition) is 2. The summed E-state index contributed by atoms with van der Waals surface area (Å²) in [5.74, 6) is -0.0743. The van der Waals surface area contributed by atoms with Crippen LogP contribution in [0.4, 0.5) is 11.4 Å². The lowest BCUT2D eigenvalue weighted by Crippen LogP contribution is -2.49. The predicted molar refractivity (Wildman–Crippen MR) is 108 cm³/mol. The number of sulfonamides is 1. The maximum atomic E-state index is 12.6. The van der Waals surface area contributed by atoms with E-state index in [0.717, 1.165) is 18.8 Å². The molecule has 2 saturated heterocycles. The number of nitrogens with zero attached hydrogens (tertiary/aromatic N) is 2. The highest BCUT2D eigenvalue weighted by Crippen LogP contribution is 2.23. The summed E-state index contributed by atoms with van der Waals surface area (Å²) in [6.45, 7) is 5.16. The molecule has 0 aliphatic carbocycles. The minimum Gasteiger partial charge on any atom is -0.372 e. The summed E-state index contributed by atoms with van der Waals surface area (Å²) >= 11 is 0. The number of hydrogen-bond acceptors (Lipinski definition) is 5. The smallest absolute Gasteiger partial charge is 0.241 e. The molecule has 1 aromatic carbocycles. The molecule has 27 heavy (non-hydrogen) atoms. The topological polar surface area (TPSA) is 95.7 Å². The van der Waals surface area contributed by atoms with Crippen LogP contribution in [0.15, 0.2) is 24.3 Å². The van der Waals surface area contributed by atoms with Crippen molar-refractivity contribution in [1.29, 1.82) is 0 Å². The molecule has 1 amide bonds. The van der Waals surface area contributed by atoms with Gasteiger partial charge in [-0.25, -0.2) is 13.6 Å². The van der Waals surface area contributed by atoms with Crippen LogP contribution in [0.3, 0.4) is 0 Å². The van der Waals surface area contributed by atoms with E-state index < -0.39 is 15.3 Å². The van der Waals surface area contributed by atoms with Crippen LogP contribution in [0.2, 0.25) is 0 Å². The van der Waals surface area contributed by atoms with Crippen molar-refractivity contribution in [2.24, 2.45) is 5.14 Å². The Labute approximate surface area is 161 Å². The molecule has 0 aromatic heterocycles. The van der Waals surface area contributed by atoms with Crippen LogP contribution in [0.5, 0.6) is 0 Å². The first-order chi connectivity index (χ1) is 12.8. The molecule has 1 unspecified atom stereocenters. The van der Waals surface area contributed by atoms with E-state index in [4.69, 9.17) is 5.14 Å². The molecule has 0 spiro atoms. The Morgan fingerprint density at radius 2 is 1.67 bits per heavy atom. The summed E-state index contributed by atoms with van der Waals surface area (Å²) in [6, 6.07) is 7.70. The van der Waals surface area contributed by atoms with E-state index in [1.807, 2.05) is 24.0 Å². The fourth-order valence-electron chi connectivity index (χ4n) is 3.91. The monoisotopic (exact) mass is 394 g/mol. The maximum Gasteiger partial charge on any atom is 0.241 e. The second-order valence-corrected chi connectivity index (χ2v) is 9.43. The summed E-state index contributed by atoms with van der Waals surface area (Å²) in [4.78, 5) is 17.0. The molecule has 3 rings (SSSR count). The van der Waals surface area contributed by atoms with Gasteiger partial charge in [0, 0.05) is 37.6 Å². The average molecular weight is 395 g/mol. The van der Waals surface area contributed by atoms with Crippen molar-refractivity contribution in [1.82, 2.24) is 4.90 Å². The largest absolute Gasteiger partial charge is 0.372 e. The number of benzene rings is 1. The molecular formula is C19H30N4O3S. The lowest BCUT2D eigenvalue weighted by atomic mass is 10.1. The maximum absolute atomic E-state index is 12.6. The van der Waals surface area contributed by atoms with E-state index in [-0.39, 0.29) is 11.9 Å². The molecule has 2 aliphatic rings. The van der Waals surface area contributed by atoms with Crippen molar-refractivity contribution < 1.29 is 13.2 Å². The number of amides is 1. The molecule has 1 atom stereocenters. The summed E-state index contributed by atoms with van der Waals surface area (Å²) in [6.07, 6.45) is 4.72. The Balaban J connectivity index is 1.52. The second-order valence-electron chi connectivity index (χ2n) is 7.58. The molecule has 0 radical (unpaired) electrons. The third kappa shape index (κ3) is 5.21. The first kappa shape index (κ1) is 20.1. The minimum absolute atomic E-state index is 0.0743. The number of piperidine rings is 2. The molecule has 0 saturated carbocycles. The molecular weight excluding hydrogens is 364 g/mol. The number of carbonyl (C=O) groups is 1. The van der Waals surface area contributed by atoms with Gasteiger partial charge < -0.3 is 10.2 Å². The van der Waals surface area contributed by atoms with E-state index in [2.05, 4.69) is 22.3 Å². The van der Waals surface area contributed by atoms with Gasteiger partial charge in [-0.1, -0.05) is 0 Å². The zero-order chi connectivity index (χ0) is 19.4. The van der Waals surface area contributed by atoms with Crippen LogP contribution >= 0.6 is 0 Å². The summed E-state index contributed by atoms with van der Waals surface area (Å²) < 4.78 is 22.9. The van der Waals surface area contributed by atoms with Crippen LogP contribution in [-0.4, -0.2) is 56.7 Å². The number of rotatable bonds is 5. The number of primary sulfonamides is 1. The first-order valence-corrected chi connectivity index (χ1v) is 11.4. The standard InChI is InChI=1S/C19H30N4O3S/c1-15(22-13-9-18(10-14-22)27(20,25)26)19(24)21-16-5-7-17(8-6-16)23-11-3-2-4-12-23/h5-8,15,18H,2-4,9-14H2,1H3,(H,21,24)(H2,20,25,26). The van der Waals surface area contributed by atoms with E-state index in [1.54, 1.807) is 0 Å². The molecule has 8 heteroatoms. The molecule has 2 fully saturated rings. The summed E-state index contributed by atoms with van der Waals surface area (Å²) in [5.41, 5.74) is 1.98. The lowest BCUT2D eigenvalue weighted by Gasteiger charge is -2.34. The zero-order valence-corrected chi connectivity index (χ0v) is 16.7. The first-order valence-electron chi connectivity index (χ1n) is 9.76. The fraction of sp³-hybridized carbons (Fsp3) is 0.632. The lowest BCUT2D eigenvalue weighted by molar-refractivity contribution is -0.121. The molecule has 3 N–H and O–H groups in total. The molecule has 1 aromatic rings. The third-order valence-corrected chi connectivity index (χ3v) is 7.13. The van der Waals surface area contributed by atoms with Crippen LogP contribution < -0.4 is 15.4 Å². The van der Waals surface area contributed by atoms with Gasteiger partial charge in [0.25, 0.3) is 0 Å². The molecule has 2 heterocycles. The highest BCUT2D eigenvalue weighted by Gasteiger charge is 2.31. The zero-order valence-electron chi connectivity index (χ0n) is 15.9.